The lowest BCUT2D eigenvalue weighted by Gasteiger charge is -2.22. The van der Waals surface area contributed by atoms with Gasteiger partial charge in [-0.1, -0.05) is 6.07 Å². The van der Waals surface area contributed by atoms with E-state index in [2.05, 4.69) is 5.32 Å². The second-order valence-electron chi connectivity index (χ2n) is 4.73. The van der Waals surface area contributed by atoms with E-state index in [-0.39, 0.29) is 24.7 Å². The van der Waals surface area contributed by atoms with Crippen LogP contribution in [-0.2, 0) is 0 Å². The summed E-state index contributed by atoms with van der Waals surface area (Å²) in [6, 6.07) is 5.20. The lowest BCUT2D eigenvalue weighted by molar-refractivity contribution is 0.0693. The Morgan fingerprint density at radius 3 is 2.76 bits per heavy atom. The van der Waals surface area contributed by atoms with Gasteiger partial charge in [0.05, 0.1) is 18.2 Å². The first-order valence-corrected chi connectivity index (χ1v) is 6.51. The zero-order valence-corrected chi connectivity index (χ0v) is 11.2. The molecule has 1 aromatic carbocycles. The van der Waals surface area contributed by atoms with Crippen LogP contribution in [0, 0.1) is 17.1 Å². The Balaban J connectivity index is 2.17. The maximum Gasteiger partial charge on any atom is 0.340 e. The van der Waals surface area contributed by atoms with Gasteiger partial charge >= 0.3 is 12.0 Å². The van der Waals surface area contributed by atoms with Crippen molar-refractivity contribution in [2.75, 3.05) is 11.9 Å². The number of hydrogen-bond donors (Lipinski definition) is 2. The number of nitrogens with zero attached hydrogens (tertiary/aromatic N) is 2. The number of benzene rings is 1. The Morgan fingerprint density at radius 1 is 1.48 bits per heavy atom. The molecule has 21 heavy (non-hydrogen) atoms. The summed E-state index contributed by atoms with van der Waals surface area (Å²) >= 11 is 0. The molecule has 0 spiro atoms. The number of halogens is 1. The molecule has 7 heteroatoms. The molecule has 2 amide bonds. The molecule has 0 saturated heterocycles. The van der Waals surface area contributed by atoms with Crippen LogP contribution in [0.1, 0.15) is 29.6 Å². The number of amides is 2. The molecule has 1 fully saturated rings. The third-order valence-electron chi connectivity index (χ3n) is 3.18. The molecule has 0 bridgehead atoms. The van der Waals surface area contributed by atoms with Crippen LogP contribution >= 0.6 is 0 Å². The van der Waals surface area contributed by atoms with Crippen molar-refractivity contribution in [3.63, 3.8) is 0 Å². The number of anilines is 1. The Bertz CT molecular complexity index is 608. The highest BCUT2D eigenvalue weighted by molar-refractivity contribution is 6.00. The van der Waals surface area contributed by atoms with E-state index in [0.29, 0.717) is 0 Å². The number of carbonyl (C=O) groups is 2. The maximum atomic E-state index is 13.5. The van der Waals surface area contributed by atoms with Crippen molar-refractivity contribution >= 4 is 17.7 Å². The van der Waals surface area contributed by atoms with E-state index in [9.17, 15) is 14.0 Å². The standard InChI is InChI=1S/C14H14FN3O3/c15-10-3-1-4-11(12(10)13(19)20)17-14(21)18(8-2-7-16)9-5-6-9/h1,3-4,9H,2,5-6,8H2,(H,17,21)(H,19,20). The number of carboxylic acids is 1. The van der Waals surface area contributed by atoms with Crippen LogP contribution in [0.25, 0.3) is 0 Å². The topological polar surface area (TPSA) is 93.4 Å². The summed E-state index contributed by atoms with van der Waals surface area (Å²) in [5.74, 6) is -2.35. The zero-order valence-electron chi connectivity index (χ0n) is 11.2. The summed E-state index contributed by atoms with van der Waals surface area (Å²) in [6.45, 7) is 0.269. The van der Waals surface area contributed by atoms with Crippen LogP contribution in [0.15, 0.2) is 18.2 Å². The van der Waals surface area contributed by atoms with E-state index in [0.717, 1.165) is 18.9 Å². The van der Waals surface area contributed by atoms with E-state index in [1.165, 1.54) is 17.0 Å². The largest absolute Gasteiger partial charge is 0.478 e. The highest BCUT2D eigenvalue weighted by Crippen LogP contribution is 2.28. The van der Waals surface area contributed by atoms with Crippen LogP contribution in [0.4, 0.5) is 14.9 Å². The minimum atomic E-state index is -1.45. The summed E-state index contributed by atoms with van der Waals surface area (Å²) in [5, 5.41) is 20.0. The summed E-state index contributed by atoms with van der Waals surface area (Å²) in [7, 11) is 0. The molecule has 0 heterocycles. The maximum absolute atomic E-state index is 13.5. The van der Waals surface area contributed by atoms with Gasteiger partial charge in [0.1, 0.15) is 11.4 Å². The van der Waals surface area contributed by atoms with Gasteiger partial charge in [0.2, 0.25) is 0 Å². The van der Waals surface area contributed by atoms with Crippen molar-refractivity contribution in [1.29, 1.82) is 5.26 Å². The fraction of sp³-hybridized carbons (Fsp3) is 0.357. The third-order valence-corrected chi connectivity index (χ3v) is 3.18. The third kappa shape index (κ3) is 3.48. The van der Waals surface area contributed by atoms with Crippen LogP contribution in [-0.4, -0.2) is 34.6 Å². The minimum absolute atomic E-state index is 0.0696. The van der Waals surface area contributed by atoms with Crippen molar-refractivity contribution < 1.29 is 19.1 Å². The highest BCUT2D eigenvalue weighted by atomic mass is 19.1. The normalized spacial score (nSPS) is 13.3. The smallest absolute Gasteiger partial charge is 0.340 e. The van der Waals surface area contributed by atoms with Crippen LogP contribution < -0.4 is 5.32 Å². The zero-order chi connectivity index (χ0) is 15.4. The fourth-order valence-electron chi connectivity index (χ4n) is 2.04. The molecule has 110 valence electrons. The Morgan fingerprint density at radius 2 is 2.19 bits per heavy atom. The second kappa shape index (κ2) is 6.22. The summed E-state index contributed by atoms with van der Waals surface area (Å²) < 4.78 is 13.5. The van der Waals surface area contributed by atoms with E-state index in [1.54, 1.807) is 0 Å². The van der Waals surface area contributed by atoms with Gasteiger partial charge in [0.15, 0.2) is 0 Å². The van der Waals surface area contributed by atoms with E-state index in [1.807, 2.05) is 6.07 Å². The first-order valence-electron chi connectivity index (χ1n) is 6.51. The number of hydrogen-bond acceptors (Lipinski definition) is 3. The van der Waals surface area contributed by atoms with Gasteiger partial charge in [-0.25, -0.2) is 14.0 Å². The van der Waals surface area contributed by atoms with E-state index >= 15 is 0 Å². The van der Waals surface area contributed by atoms with Crippen LogP contribution in [0.5, 0.6) is 0 Å². The first kappa shape index (κ1) is 14.8. The molecule has 2 N–H and O–H groups in total. The van der Waals surface area contributed by atoms with Crippen molar-refractivity contribution in [3.8, 4) is 6.07 Å². The molecule has 0 aliphatic heterocycles. The molecule has 0 radical (unpaired) electrons. The number of urea groups is 1. The predicted octanol–water partition coefficient (Wildman–Crippen LogP) is 2.43. The van der Waals surface area contributed by atoms with Gasteiger partial charge < -0.3 is 15.3 Å². The predicted molar refractivity (Wildman–Crippen MR) is 72.3 cm³/mol. The SMILES string of the molecule is N#CCCN(C(=O)Nc1cccc(F)c1C(=O)O)C1CC1. The number of aromatic carboxylic acids is 1. The number of rotatable bonds is 5. The van der Waals surface area contributed by atoms with Crippen molar-refractivity contribution in [3.05, 3.63) is 29.6 Å². The van der Waals surface area contributed by atoms with Crippen molar-refractivity contribution in [2.45, 2.75) is 25.3 Å². The Kier molecular flexibility index (Phi) is 4.38. The molecule has 0 aromatic heterocycles. The van der Waals surface area contributed by atoms with Gasteiger partial charge in [-0.05, 0) is 25.0 Å². The van der Waals surface area contributed by atoms with Crippen LogP contribution in [0.2, 0.25) is 0 Å². The molecular weight excluding hydrogens is 277 g/mol. The van der Waals surface area contributed by atoms with Crippen LogP contribution in [0.3, 0.4) is 0 Å². The van der Waals surface area contributed by atoms with Gasteiger partial charge in [-0.2, -0.15) is 5.26 Å². The molecule has 1 aliphatic carbocycles. The lowest BCUT2D eigenvalue weighted by atomic mass is 10.1. The highest BCUT2D eigenvalue weighted by Gasteiger charge is 2.32. The molecule has 1 aromatic rings. The molecule has 1 aliphatic rings. The van der Waals surface area contributed by atoms with E-state index in [4.69, 9.17) is 10.4 Å². The number of carbonyl (C=O) groups excluding carboxylic acids is 1. The van der Waals surface area contributed by atoms with Crippen molar-refractivity contribution in [2.24, 2.45) is 0 Å². The molecule has 0 unspecified atom stereocenters. The lowest BCUT2D eigenvalue weighted by Crippen LogP contribution is -2.37. The quantitative estimate of drug-likeness (QED) is 0.871. The average molecular weight is 291 g/mol. The number of nitrogens with one attached hydrogen (secondary N) is 1. The Hall–Kier alpha value is -2.62. The van der Waals surface area contributed by atoms with Gasteiger partial charge in [-0.15, -0.1) is 0 Å². The average Bonchev–Trinajstić information content (AvgIpc) is 3.23. The second-order valence-corrected chi connectivity index (χ2v) is 4.73. The van der Waals surface area contributed by atoms with E-state index < -0.39 is 23.4 Å². The molecule has 2 rings (SSSR count). The fourth-order valence-corrected chi connectivity index (χ4v) is 2.04. The number of carboxylic acid groups (broad SMARTS) is 1. The minimum Gasteiger partial charge on any atom is -0.478 e. The summed E-state index contributed by atoms with van der Waals surface area (Å²) in [5.41, 5.74) is -0.656. The molecule has 1 saturated carbocycles. The van der Waals surface area contributed by atoms with Crippen molar-refractivity contribution in [1.82, 2.24) is 4.90 Å². The monoisotopic (exact) mass is 291 g/mol. The van der Waals surface area contributed by atoms with Gasteiger partial charge in [0, 0.05) is 12.6 Å². The number of nitriles is 1. The van der Waals surface area contributed by atoms with Gasteiger partial charge in [-0.3, -0.25) is 0 Å². The summed E-state index contributed by atoms with van der Waals surface area (Å²) in [6.07, 6.45) is 1.90. The Labute approximate surface area is 120 Å². The molecular formula is C14H14FN3O3. The summed E-state index contributed by atoms with van der Waals surface area (Å²) in [4.78, 5) is 24.7. The van der Waals surface area contributed by atoms with Gasteiger partial charge in [0.25, 0.3) is 0 Å². The molecule has 6 nitrogen and oxygen atoms in total. The molecule has 0 atom stereocenters. The first-order chi connectivity index (χ1) is 10.0.